The first-order valence-corrected chi connectivity index (χ1v) is 8.89. The third kappa shape index (κ3) is 4.34. The van der Waals surface area contributed by atoms with Gasteiger partial charge in [-0.05, 0) is 54.1 Å². The van der Waals surface area contributed by atoms with Gasteiger partial charge in [-0.1, -0.05) is 0 Å². The minimum absolute atomic E-state index is 0.354. The molecule has 3 aromatic rings. The fourth-order valence-electron chi connectivity index (χ4n) is 2.22. The second-order valence-corrected chi connectivity index (χ2v) is 7.09. The van der Waals surface area contributed by atoms with Crippen LogP contribution in [0.25, 0.3) is 11.0 Å². The molecule has 0 saturated heterocycles. The van der Waals surface area contributed by atoms with Gasteiger partial charge in [-0.2, -0.15) is 26.7 Å². The van der Waals surface area contributed by atoms with Gasteiger partial charge in [0.2, 0.25) is 0 Å². The van der Waals surface area contributed by atoms with Gasteiger partial charge >= 0.3 is 11.8 Å². The maximum atomic E-state index is 12.5. The number of fused-ring (bicyclic) bond motifs is 1. The van der Waals surface area contributed by atoms with Crippen LogP contribution in [0.1, 0.15) is 11.1 Å². The van der Waals surface area contributed by atoms with E-state index in [9.17, 15) is 26.4 Å². The van der Waals surface area contributed by atoms with E-state index in [4.69, 9.17) is 4.42 Å². The summed E-state index contributed by atoms with van der Waals surface area (Å²) in [4.78, 5) is 12.7. The topological polar surface area (TPSA) is 88.7 Å². The van der Waals surface area contributed by atoms with Gasteiger partial charge in [0.05, 0.1) is 16.7 Å². The van der Waals surface area contributed by atoms with Crippen LogP contribution < -0.4 is 10.5 Å². The summed E-state index contributed by atoms with van der Waals surface area (Å²) in [5, 5.41) is 4.22. The zero-order chi connectivity index (χ0) is 19.7. The molecule has 1 heterocycles. The molecule has 1 N–H and O–H groups in total. The van der Waals surface area contributed by atoms with Crippen molar-refractivity contribution in [3.05, 3.63) is 76.1 Å². The van der Waals surface area contributed by atoms with Crippen LogP contribution in [-0.4, -0.2) is 14.6 Å². The molecule has 0 saturated carbocycles. The number of sulfonamides is 1. The van der Waals surface area contributed by atoms with Gasteiger partial charge in [-0.15, -0.1) is 0 Å². The number of benzene rings is 2. The number of hydrogen-bond acceptors (Lipinski definition) is 5. The predicted octanol–water partition coefficient (Wildman–Crippen LogP) is 3.12. The second kappa shape index (κ2) is 6.88. The van der Waals surface area contributed by atoms with Crippen molar-refractivity contribution in [3.8, 4) is 0 Å². The zero-order valence-electron chi connectivity index (χ0n) is 13.4. The second-order valence-electron chi connectivity index (χ2n) is 5.43. The van der Waals surface area contributed by atoms with Crippen molar-refractivity contribution in [3.63, 3.8) is 0 Å². The highest BCUT2D eigenvalue weighted by Gasteiger charge is 2.30. The van der Waals surface area contributed by atoms with Crippen molar-refractivity contribution in [2.45, 2.75) is 11.1 Å². The molecule has 0 fully saturated rings. The average molecular weight is 396 g/mol. The van der Waals surface area contributed by atoms with E-state index in [0.717, 1.165) is 12.1 Å². The minimum Gasteiger partial charge on any atom is -0.423 e. The van der Waals surface area contributed by atoms with E-state index in [-0.39, 0.29) is 4.90 Å². The van der Waals surface area contributed by atoms with Crippen molar-refractivity contribution in [2.75, 3.05) is 0 Å². The Morgan fingerprint density at radius 1 is 1.00 bits per heavy atom. The zero-order valence-corrected chi connectivity index (χ0v) is 14.2. The number of nitrogens with zero attached hydrogens (tertiary/aromatic N) is 1. The van der Waals surface area contributed by atoms with Gasteiger partial charge in [0.1, 0.15) is 5.58 Å². The lowest BCUT2D eigenvalue weighted by Gasteiger charge is -2.08. The Morgan fingerprint density at radius 2 is 1.70 bits per heavy atom. The number of hydrazone groups is 1. The van der Waals surface area contributed by atoms with Crippen molar-refractivity contribution < 1.29 is 26.0 Å². The maximum Gasteiger partial charge on any atom is 0.416 e. The first-order chi connectivity index (χ1) is 12.6. The van der Waals surface area contributed by atoms with E-state index in [1.54, 1.807) is 18.2 Å². The molecule has 0 unspecified atom stereocenters. The maximum absolute atomic E-state index is 12.5. The van der Waals surface area contributed by atoms with Crippen LogP contribution in [0.5, 0.6) is 0 Å². The monoisotopic (exact) mass is 396 g/mol. The number of nitrogens with one attached hydrogen (secondary N) is 1. The van der Waals surface area contributed by atoms with Crippen LogP contribution in [0.4, 0.5) is 13.2 Å². The highest BCUT2D eigenvalue weighted by atomic mass is 32.2. The molecule has 0 spiro atoms. The summed E-state index contributed by atoms with van der Waals surface area (Å²) < 4.78 is 66.7. The number of alkyl halides is 3. The Kier molecular flexibility index (Phi) is 4.75. The van der Waals surface area contributed by atoms with Crippen LogP contribution in [0.2, 0.25) is 0 Å². The molecule has 0 aliphatic carbocycles. The summed E-state index contributed by atoms with van der Waals surface area (Å²) >= 11 is 0. The third-order valence-electron chi connectivity index (χ3n) is 3.52. The van der Waals surface area contributed by atoms with E-state index in [0.29, 0.717) is 28.7 Å². The Labute approximate surface area is 151 Å². The number of halogens is 3. The molecule has 0 aliphatic rings. The molecule has 6 nitrogen and oxygen atoms in total. The van der Waals surface area contributed by atoms with Gasteiger partial charge in [0.25, 0.3) is 10.0 Å². The van der Waals surface area contributed by atoms with Gasteiger partial charge in [0, 0.05) is 11.5 Å². The highest BCUT2D eigenvalue weighted by Crippen LogP contribution is 2.29. The van der Waals surface area contributed by atoms with E-state index >= 15 is 0 Å². The Balaban J connectivity index is 1.76. The van der Waals surface area contributed by atoms with Gasteiger partial charge < -0.3 is 4.42 Å². The molecule has 1 aromatic heterocycles. The fraction of sp³-hybridized carbons (Fsp3) is 0.0588. The first-order valence-electron chi connectivity index (χ1n) is 7.41. The number of hydrogen-bond donors (Lipinski definition) is 1. The lowest BCUT2D eigenvalue weighted by molar-refractivity contribution is -0.137. The lowest BCUT2D eigenvalue weighted by atomic mass is 10.1. The van der Waals surface area contributed by atoms with Crippen LogP contribution >= 0.6 is 0 Å². The molecule has 27 heavy (non-hydrogen) atoms. The van der Waals surface area contributed by atoms with E-state index < -0.39 is 27.4 Å². The Morgan fingerprint density at radius 3 is 2.37 bits per heavy atom. The fourth-order valence-corrected chi connectivity index (χ4v) is 3.01. The largest absolute Gasteiger partial charge is 0.423 e. The molecule has 140 valence electrons. The molecular weight excluding hydrogens is 385 g/mol. The molecule has 0 atom stereocenters. The summed E-state index contributed by atoms with van der Waals surface area (Å²) in [6, 6.07) is 10.5. The smallest absolute Gasteiger partial charge is 0.416 e. The molecular formula is C17H11F3N2O4S. The van der Waals surface area contributed by atoms with E-state index in [1.165, 1.54) is 18.3 Å². The van der Waals surface area contributed by atoms with Crippen molar-refractivity contribution in [1.82, 2.24) is 4.83 Å². The van der Waals surface area contributed by atoms with Crippen LogP contribution in [0, 0.1) is 0 Å². The SMILES string of the molecule is O=c1ccc2cc(/C=N/NS(=O)(=O)c3ccc(C(F)(F)F)cc3)ccc2o1. The molecule has 10 heteroatoms. The van der Waals surface area contributed by atoms with Crippen molar-refractivity contribution in [1.29, 1.82) is 0 Å². The lowest BCUT2D eigenvalue weighted by Crippen LogP contribution is -2.18. The molecule has 0 amide bonds. The van der Waals surface area contributed by atoms with Crippen LogP contribution in [0.3, 0.4) is 0 Å². The van der Waals surface area contributed by atoms with E-state index in [2.05, 4.69) is 5.10 Å². The predicted molar refractivity (Wildman–Crippen MR) is 91.8 cm³/mol. The first kappa shape index (κ1) is 18.6. The molecule has 0 radical (unpaired) electrons. The van der Waals surface area contributed by atoms with Crippen molar-refractivity contribution in [2.24, 2.45) is 5.10 Å². The summed E-state index contributed by atoms with van der Waals surface area (Å²) in [6.45, 7) is 0. The summed E-state index contributed by atoms with van der Waals surface area (Å²) in [5.41, 5.74) is -0.558. The molecule has 0 aliphatic heterocycles. The highest BCUT2D eigenvalue weighted by molar-refractivity contribution is 7.89. The van der Waals surface area contributed by atoms with Crippen LogP contribution in [0.15, 0.2) is 73.8 Å². The van der Waals surface area contributed by atoms with Crippen molar-refractivity contribution >= 4 is 27.2 Å². The molecule has 3 rings (SSSR count). The molecule has 0 bridgehead atoms. The van der Waals surface area contributed by atoms with Gasteiger partial charge in [0.15, 0.2) is 0 Å². The standard InChI is InChI=1S/C17H11F3N2O4S/c18-17(19,20)13-3-5-14(6-4-13)27(24,25)22-21-10-11-1-7-15-12(9-11)2-8-16(23)26-15/h1-10,22H/b21-10+. The van der Waals surface area contributed by atoms with Gasteiger partial charge in [-0.25, -0.2) is 9.63 Å². The van der Waals surface area contributed by atoms with Gasteiger partial charge in [-0.3, -0.25) is 0 Å². The normalized spacial score (nSPS) is 12.6. The summed E-state index contributed by atoms with van der Waals surface area (Å²) in [7, 11) is -4.12. The Hall–Kier alpha value is -3.14. The average Bonchev–Trinajstić information content (AvgIpc) is 2.61. The summed E-state index contributed by atoms with van der Waals surface area (Å²) in [6.07, 6.45) is -3.34. The summed E-state index contributed by atoms with van der Waals surface area (Å²) in [5.74, 6) is 0. The third-order valence-corrected chi connectivity index (χ3v) is 4.76. The van der Waals surface area contributed by atoms with Crippen LogP contribution in [-0.2, 0) is 16.2 Å². The quantitative estimate of drug-likeness (QED) is 0.417. The van der Waals surface area contributed by atoms with E-state index in [1.807, 2.05) is 4.83 Å². The minimum atomic E-state index is -4.55. The molecule has 2 aromatic carbocycles. The Bertz CT molecular complexity index is 1170. The number of rotatable bonds is 4.